The van der Waals surface area contributed by atoms with Gasteiger partial charge in [-0.3, -0.25) is 4.79 Å². The van der Waals surface area contributed by atoms with Gasteiger partial charge in [-0.25, -0.2) is 0 Å². The second-order valence-corrected chi connectivity index (χ2v) is 5.74. The molecule has 2 N–H and O–H groups in total. The van der Waals surface area contributed by atoms with E-state index in [2.05, 4.69) is 27.7 Å². The van der Waals surface area contributed by atoms with E-state index in [9.17, 15) is 4.79 Å². The maximum Gasteiger partial charge on any atom is 0.228 e. The zero-order chi connectivity index (χ0) is 13.8. The number of carbonyl (C=O) groups excluding carboxylic acids is 1. The highest BCUT2D eigenvalue weighted by molar-refractivity contribution is 5.96. The molecule has 1 unspecified atom stereocenters. The SMILES string of the molecule is O=C(Nc1ccccc1N1CCCCC1)C1CCNC1. The van der Waals surface area contributed by atoms with Gasteiger partial charge in [0.25, 0.3) is 0 Å². The van der Waals surface area contributed by atoms with Crippen molar-refractivity contribution in [3.8, 4) is 0 Å². The van der Waals surface area contributed by atoms with E-state index < -0.39 is 0 Å². The number of benzene rings is 1. The van der Waals surface area contributed by atoms with E-state index in [-0.39, 0.29) is 11.8 Å². The fourth-order valence-electron chi connectivity index (χ4n) is 3.10. The van der Waals surface area contributed by atoms with Crippen molar-refractivity contribution in [1.82, 2.24) is 5.32 Å². The lowest BCUT2D eigenvalue weighted by atomic mass is 10.1. The van der Waals surface area contributed by atoms with E-state index in [1.807, 2.05) is 12.1 Å². The first-order valence-electron chi connectivity index (χ1n) is 7.70. The van der Waals surface area contributed by atoms with Gasteiger partial charge in [-0.15, -0.1) is 0 Å². The predicted octanol–water partition coefficient (Wildman–Crippen LogP) is 2.22. The summed E-state index contributed by atoms with van der Waals surface area (Å²) >= 11 is 0. The highest BCUT2D eigenvalue weighted by Gasteiger charge is 2.23. The molecule has 1 amide bonds. The quantitative estimate of drug-likeness (QED) is 0.887. The number of piperidine rings is 1. The fraction of sp³-hybridized carbons (Fsp3) is 0.562. The molecule has 0 aromatic heterocycles. The molecule has 1 aromatic carbocycles. The van der Waals surface area contributed by atoms with Crippen molar-refractivity contribution in [3.63, 3.8) is 0 Å². The summed E-state index contributed by atoms with van der Waals surface area (Å²) in [5.74, 6) is 0.267. The molecule has 1 atom stereocenters. The summed E-state index contributed by atoms with van der Waals surface area (Å²) in [6.07, 6.45) is 4.75. The molecule has 0 radical (unpaired) electrons. The number of amides is 1. The number of rotatable bonds is 3. The standard InChI is InChI=1S/C16H23N3O/c20-16(13-8-9-17-12-13)18-14-6-2-3-7-15(14)19-10-4-1-5-11-19/h2-3,6-7,13,17H,1,4-5,8-12H2,(H,18,20). The molecule has 0 bridgehead atoms. The summed E-state index contributed by atoms with van der Waals surface area (Å²) in [7, 11) is 0. The van der Waals surface area contributed by atoms with Crippen LogP contribution in [0.4, 0.5) is 11.4 Å². The topological polar surface area (TPSA) is 44.4 Å². The number of anilines is 2. The maximum atomic E-state index is 12.3. The third-order valence-corrected chi connectivity index (χ3v) is 4.29. The highest BCUT2D eigenvalue weighted by atomic mass is 16.1. The Bertz CT molecular complexity index is 463. The van der Waals surface area contributed by atoms with Gasteiger partial charge >= 0.3 is 0 Å². The fourth-order valence-corrected chi connectivity index (χ4v) is 3.10. The van der Waals surface area contributed by atoms with Crippen molar-refractivity contribution >= 4 is 17.3 Å². The van der Waals surface area contributed by atoms with Gasteiger partial charge in [-0.2, -0.15) is 0 Å². The van der Waals surface area contributed by atoms with E-state index in [0.717, 1.165) is 38.3 Å². The first-order chi connectivity index (χ1) is 9.84. The molecule has 3 rings (SSSR count). The summed E-state index contributed by atoms with van der Waals surface area (Å²) in [4.78, 5) is 14.7. The van der Waals surface area contributed by atoms with Crippen LogP contribution in [0.1, 0.15) is 25.7 Å². The second-order valence-electron chi connectivity index (χ2n) is 5.74. The van der Waals surface area contributed by atoms with Gasteiger partial charge in [0.1, 0.15) is 0 Å². The van der Waals surface area contributed by atoms with Gasteiger partial charge in [-0.1, -0.05) is 12.1 Å². The average molecular weight is 273 g/mol. The summed E-state index contributed by atoms with van der Waals surface area (Å²) in [5, 5.41) is 6.37. The summed E-state index contributed by atoms with van der Waals surface area (Å²) in [6, 6.07) is 8.19. The molecule has 0 saturated carbocycles. The minimum atomic E-state index is 0.115. The van der Waals surface area contributed by atoms with Crippen molar-refractivity contribution in [2.45, 2.75) is 25.7 Å². The Kier molecular flexibility index (Phi) is 4.21. The van der Waals surface area contributed by atoms with E-state index >= 15 is 0 Å². The molecule has 108 valence electrons. The monoisotopic (exact) mass is 273 g/mol. The molecular formula is C16H23N3O. The van der Waals surface area contributed by atoms with Crippen molar-refractivity contribution < 1.29 is 4.79 Å². The van der Waals surface area contributed by atoms with Crippen LogP contribution in [0, 0.1) is 5.92 Å². The van der Waals surface area contributed by atoms with Crippen LogP contribution in [0.25, 0.3) is 0 Å². The summed E-state index contributed by atoms with van der Waals surface area (Å²) < 4.78 is 0. The summed E-state index contributed by atoms with van der Waals surface area (Å²) in [5.41, 5.74) is 2.14. The first-order valence-corrected chi connectivity index (χ1v) is 7.70. The maximum absolute atomic E-state index is 12.3. The van der Waals surface area contributed by atoms with Crippen LogP contribution in [-0.4, -0.2) is 32.1 Å². The molecule has 4 heteroatoms. The Morgan fingerprint density at radius 2 is 2.00 bits per heavy atom. The Balaban J connectivity index is 1.73. The van der Waals surface area contributed by atoms with E-state index in [4.69, 9.17) is 0 Å². The zero-order valence-corrected chi connectivity index (χ0v) is 11.9. The second kappa shape index (κ2) is 6.27. The van der Waals surface area contributed by atoms with Crippen molar-refractivity contribution in [1.29, 1.82) is 0 Å². The molecule has 2 saturated heterocycles. The summed E-state index contributed by atoms with van der Waals surface area (Å²) in [6.45, 7) is 3.94. The van der Waals surface area contributed by atoms with Crippen molar-refractivity contribution in [2.24, 2.45) is 5.92 Å². The highest BCUT2D eigenvalue weighted by Crippen LogP contribution is 2.28. The first kappa shape index (κ1) is 13.4. The minimum Gasteiger partial charge on any atom is -0.370 e. The molecular weight excluding hydrogens is 250 g/mol. The third-order valence-electron chi connectivity index (χ3n) is 4.29. The number of hydrogen-bond acceptors (Lipinski definition) is 3. The Morgan fingerprint density at radius 1 is 1.20 bits per heavy atom. The lowest BCUT2D eigenvalue weighted by molar-refractivity contribution is -0.119. The van der Waals surface area contributed by atoms with Crippen LogP contribution in [-0.2, 0) is 4.79 Å². The number of para-hydroxylation sites is 2. The average Bonchev–Trinajstić information content (AvgIpc) is 3.03. The largest absolute Gasteiger partial charge is 0.370 e. The van der Waals surface area contributed by atoms with Crippen molar-refractivity contribution in [2.75, 3.05) is 36.4 Å². The normalized spacial score (nSPS) is 22.8. The number of hydrogen-bond donors (Lipinski definition) is 2. The number of nitrogens with zero attached hydrogens (tertiary/aromatic N) is 1. The Labute approximate surface area is 120 Å². The van der Waals surface area contributed by atoms with Gasteiger partial charge in [0.05, 0.1) is 17.3 Å². The molecule has 0 aliphatic carbocycles. The zero-order valence-electron chi connectivity index (χ0n) is 11.9. The minimum absolute atomic E-state index is 0.115. The lowest BCUT2D eigenvalue weighted by Crippen LogP contribution is -2.31. The van der Waals surface area contributed by atoms with Crippen LogP contribution in [0.5, 0.6) is 0 Å². The van der Waals surface area contributed by atoms with Crippen LogP contribution in [0.15, 0.2) is 24.3 Å². The molecule has 2 aliphatic heterocycles. The van der Waals surface area contributed by atoms with Crippen LogP contribution >= 0.6 is 0 Å². The van der Waals surface area contributed by atoms with Gasteiger partial charge in [-0.05, 0) is 44.4 Å². The molecule has 4 nitrogen and oxygen atoms in total. The Hall–Kier alpha value is -1.55. The predicted molar refractivity (Wildman–Crippen MR) is 82.1 cm³/mol. The van der Waals surface area contributed by atoms with Crippen LogP contribution in [0.3, 0.4) is 0 Å². The molecule has 2 fully saturated rings. The number of carbonyl (C=O) groups is 1. The van der Waals surface area contributed by atoms with E-state index in [1.54, 1.807) is 0 Å². The molecule has 20 heavy (non-hydrogen) atoms. The van der Waals surface area contributed by atoms with Gasteiger partial charge in [0.2, 0.25) is 5.91 Å². The molecule has 1 aromatic rings. The van der Waals surface area contributed by atoms with E-state index in [0.29, 0.717) is 0 Å². The Morgan fingerprint density at radius 3 is 2.75 bits per heavy atom. The molecule has 2 heterocycles. The van der Waals surface area contributed by atoms with Gasteiger partial charge in [0, 0.05) is 19.6 Å². The van der Waals surface area contributed by atoms with Gasteiger partial charge in [0.15, 0.2) is 0 Å². The third kappa shape index (κ3) is 2.96. The number of nitrogens with one attached hydrogen (secondary N) is 2. The van der Waals surface area contributed by atoms with Crippen molar-refractivity contribution in [3.05, 3.63) is 24.3 Å². The molecule has 0 spiro atoms. The lowest BCUT2D eigenvalue weighted by Gasteiger charge is -2.30. The smallest absolute Gasteiger partial charge is 0.228 e. The van der Waals surface area contributed by atoms with Crippen LogP contribution < -0.4 is 15.5 Å². The molecule has 2 aliphatic rings. The van der Waals surface area contributed by atoms with Crippen LogP contribution in [0.2, 0.25) is 0 Å². The van der Waals surface area contributed by atoms with Gasteiger partial charge < -0.3 is 15.5 Å². The van der Waals surface area contributed by atoms with E-state index in [1.165, 1.54) is 24.9 Å².